The number of anilines is 3. The number of nitrogens with zero attached hydrogens (tertiary/aromatic N) is 3. The predicted molar refractivity (Wildman–Crippen MR) is 241 cm³/mol. The molecule has 0 unspecified atom stereocenters. The average Bonchev–Trinajstić information content (AvgIpc) is 3.80. The van der Waals surface area contributed by atoms with Gasteiger partial charge in [-0.05, 0) is 119 Å². The van der Waals surface area contributed by atoms with Crippen LogP contribution in [0.4, 0.5) is 17.1 Å². The number of para-hydroxylation sites is 5. The molecule has 0 spiro atoms. The summed E-state index contributed by atoms with van der Waals surface area (Å²) in [4.78, 5) is 2.30. The third-order valence-electron chi connectivity index (χ3n) is 11.3. The lowest BCUT2D eigenvalue weighted by molar-refractivity contribution is 1.18. The molecule has 57 heavy (non-hydrogen) atoms. The molecule has 2 aromatic heterocycles. The fourth-order valence-corrected chi connectivity index (χ4v) is 8.65. The van der Waals surface area contributed by atoms with Crippen molar-refractivity contribution in [2.24, 2.45) is 0 Å². The first-order valence-electron chi connectivity index (χ1n) is 19.5. The van der Waals surface area contributed by atoms with Crippen molar-refractivity contribution in [3.05, 3.63) is 224 Å². The predicted octanol–water partition coefficient (Wildman–Crippen LogP) is 14.7. The Kier molecular flexibility index (Phi) is 7.82. The van der Waals surface area contributed by atoms with Crippen LogP contribution in [0.5, 0.6) is 0 Å². The van der Waals surface area contributed by atoms with E-state index in [-0.39, 0.29) is 0 Å². The van der Waals surface area contributed by atoms with E-state index >= 15 is 0 Å². The molecule has 268 valence electrons. The van der Waals surface area contributed by atoms with Crippen molar-refractivity contribution >= 4 is 60.7 Å². The van der Waals surface area contributed by atoms with Gasteiger partial charge in [0.2, 0.25) is 0 Å². The van der Waals surface area contributed by atoms with Crippen molar-refractivity contribution in [3.8, 4) is 33.6 Å². The third kappa shape index (κ3) is 5.60. The zero-order chi connectivity index (χ0) is 37.7. The second-order valence-electron chi connectivity index (χ2n) is 14.6. The Morgan fingerprint density at radius 2 is 0.632 bits per heavy atom. The minimum atomic E-state index is 1.12. The zero-order valence-corrected chi connectivity index (χ0v) is 31.2. The van der Waals surface area contributed by atoms with Crippen LogP contribution >= 0.6 is 0 Å². The monoisotopic (exact) mass is 727 g/mol. The highest BCUT2D eigenvalue weighted by Crippen LogP contribution is 2.40. The summed E-state index contributed by atoms with van der Waals surface area (Å²) in [6.07, 6.45) is 0. The molecule has 9 aromatic carbocycles. The molecule has 3 nitrogen and oxygen atoms in total. The average molecular weight is 728 g/mol. The quantitative estimate of drug-likeness (QED) is 0.159. The molecule has 3 heteroatoms. The molecule has 11 aromatic rings. The number of hydrogen-bond acceptors (Lipinski definition) is 1. The zero-order valence-electron chi connectivity index (χ0n) is 31.2. The maximum absolute atomic E-state index is 2.42. The van der Waals surface area contributed by atoms with Gasteiger partial charge in [-0.1, -0.05) is 127 Å². The maximum Gasteiger partial charge on any atom is 0.0547 e. The Hall–Kier alpha value is -7.62. The summed E-state index contributed by atoms with van der Waals surface area (Å²) >= 11 is 0. The molecule has 0 amide bonds. The molecular formula is C54H37N3. The molecule has 11 rings (SSSR count). The molecule has 0 aliphatic carbocycles. The minimum Gasteiger partial charge on any atom is -0.311 e. The summed E-state index contributed by atoms with van der Waals surface area (Å²) < 4.78 is 4.79. The molecule has 0 bridgehead atoms. The highest BCUT2D eigenvalue weighted by molar-refractivity contribution is 6.13. The van der Waals surface area contributed by atoms with E-state index in [1.54, 1.807) is 0 Å². The highest BCUT2D eigenvalue weighted by Gasteiger charge is 2.18. The van der Waals surface area contributed by atoms with Gasteiger partial charge in [-0.25, -0.2) is 0 Å². The van der Waals surface area contributed by atoms with E-state index in [9.17, 15) is 0 Å². The number of hydrogen-bond donors (Lipinski definition) is 0. The first-order valence-corrected chi connectivity index (χ1v) is 19.5. The van der Waals surface area contributed by atoms with Crippen LogP contribution in [0.1, 0.15) is 0 Å². The van der Waals surface area contributed by atoms with Crippen LogP contribution in [-0.4, -0.2) is 9.13 Å². The fraction of sp³-hybridized carbons (Fsp3) is 0. The number of benzene rings is 9. The lowest BCUT2D eigenvalue weighted by Gasteiger charge is -2.25. The van der Waals surface area contributed by atoms with Gasteiger partial charge in [-0.3, -0.25) is 0 Å². The van der Waals surface area contributed by atoms with Crippen LogP contribution < -0.4 is 4.90 Å². The molecule has 2 heterocycles. The standard InChI is InChI=1S/C54H37N3/c1-5-15-42(16-6-1)55(43-17-7-2-8-18-43)46-30-25-38(26-31-46)39-28-33-53-50(35-39)48-32-27-41(37-54(48)57(53)45-21-11-4-12-22-45)40-29-34-52-49(36-40)47-23-13-14-24-51(47)56(52)44-19-9-3-10-20-44/h1-37H. The van der Waals surface area contributed by atoms with Crippen LogP contribution in [0, 0.1) is 0 Å². The van der Waals surface area contributed by atoms with Crippen molar-refractivity contribution < 1.29 is 0 Å². The Balaban J connectivity index is 1.03. The Morgan fingerprint density at radius 1 is 0.246 bits per heavy atom. The van der Waals surface area contributed by atoms with Crippen LogP contribution in [0.25, 0.3) is 77.2 Å². The molecule has 0 fully saturated rings. The summed E-state index contributed by atoms with van der Waals surface area (Å²) in [6.45, 7) is 0. The lowest BCUT2D eigenvalue weighted by atomic mass is 9.99. The van der Waals surface area contributed by atoms with Crippen molar-refractivity contribution in [2.75, 3.05) is 4.90 Å². The summed E-state index contributed by atoms with van der Waals surface area (Å²) in [6, 6.07) is 81.0. The molecule has 0 radical (unpaired) electrons. The summed E-state index contributed by atoms with van der Waals surface area (Å²) in [5.41, 5.74) is 15.3. The van der Waals surface area contributed by atoms with Crippen molar-refractivity contribution in [1.82, 2.24) is 9.13 Å². The topological polar surface area (TPSA) is 13.1 Å². The summed E-state index contributed by atoms with van der Waals surface area (Å²) in [5, 5.41) is 4.98. The van der Waals surface area contributed by atoms with Crippen LogP contribution in [0.15, 0.2) is 224 Å². The van der Waals surface area contributed by atoms with Gasteiger partial charge in [0.15, 0.2) is 0 Å². The van der Waals surface area contributed by atoms with Gasteiger partial charge >= 0.3 is 0 Å². The van der Waals surface area contributed by atoms with E-state index in [1.807, 2.05) is 0 Å². The molecular weight excluding hydrogens is 691 g/mol. The van der Waals surface area contributed by atoms with Gasteiger partial charge in [-0.2, -0.15) is 0 Å². The van der Waals surface area contributed by atoms with Crippen molar-refractivity contribution in [2.45, 2.75) is 0 Å². The summed E-state index contributed by atoms with van der Waals surface area (Å²) in [7, 11) is 0. The number of rotatable bonds is 7. The number of aromatic nitrogens is 2. The largest absolute Gasteiger partial charge is 0.311 e. The molecule has 0 N–H and O–H groups in total. The van der Waals surface area contributed by atoms with Gasteiger partial charge < -0.3 is 14.0 Å². The first kappa shape index (κ1) is 32.8. The SMILES string of the molecule is c1ccc(N(c2ccccc2)c2ccc(-c3ccc4c(c3)c3ccc(-c5ccc6c(c5)c5ccccc5n6-c5ccccc5)cc3n4-c3ccccc3)cc2)cc1. The highest BCUT2D eigenvalue weighted by atomic mass is 15.1. The van der Waals surface area contributed by atoms with E-state index < -0.39 is 0 Å². The molecule has 0 atom stereocenters. The maximum atomic E-state index is 2.42. The molecule has 0 saturated heterocycles. The van der Waals surface area contributed by atoms with Gasteiger partial charge in [0.1, 0.15) is 0 Å². The number of fused-ring (bicyclic) bond motifs is 6. The molecule has 0 aliphatic rings. The minimum absolute atomic E-state index is 1.12. The van der Waals surface area contributed by atoms with Gasteiger partial charge in [0.05, 0.1) is 22.1 Å². The third-order valence-corrected chi connectivity index (χ3v) is 11.3. The van der Waals surface area contributed by atoms with Gasteiger partial charge in [-0.15, -0.1) is 0 Å². The van der Waals surface area contributed by atoms with E-state index in [0.29, 0.717) is 0 Å². The van der Waals surface area contributed by atoms with Crippen molar-refractivity contribution in [3.63, 3.8) is 0 Å². The van der Waals surface area contributed by atoms with E-state index in [1.165, 1.54) is 71.6 Å². The van der Waals surface area contributed by atoms with E-state index in [4.69, 9.17) is 0 Å². The fourth-order valence-electron chi connectivity index (χ4n) is 8.65. The normalized spacial score (nSPS) is 11.5. The Labute approximate surface area is 331 Å². The van der Waals surface area contributed by atoms with Crippen molar-refractivity contribution in [1.29, 1.82) is 0 Å². The lowest BCUT2D eigenvalue weighted by Crippen LogP contribution is -2.09. The molecule has 0 aliphatic heterocycles. The molecule has 0 saturated carbocycles. The van der Waals surface area contributed by atoms with E-state index in [2.05, 4.69) is 238 Å². The first-order chi connectivity index (χ1) is 28.3. The van der Waals surface area contributed by atoms with Crippen LogP contribution in [0.3, 0.4) is 0 Å². The second-order valence-corrected chi connectivity index (χ2v) is 14.6. The Bertz CT molecular complexity index is 3160. The summed E-state index contributed by atoms with van der Waals surface area (Å²) in [5.74, 6) is 0. The van der Waals surface area contributed by atoms with Crippen LogP contribution in [-0.2, 0) is 0 Å². The second kappa shape index (κ2) is 13.6. The Morgan fingerprint density at radius 3 is 1.21 bits per heavy atom. The van der Waals surface area contributed by atoms with E-state index in [0.717, 1.165) is 22.7 Å². The van der Waals surface area contributed by atoms with Gasteiger partial charge in [0, 0.05) is 50.0 Å². The van der Waals surface area contributed by atoms with Crippen LogP contribution in [0.2, 0.25) is 0 Å². The van der Waals surface area contributed by atoms with Gasteiger partial charge in [0.25, 0.3) is 0 Å². The smallest absolute Gasteiger partial charge is 0.0547 e.